The molecule has 0 radical (unpaired) electrons. The first-order valence-electron chi connectivity index (χ1n) is 12.5. The summed E-state index contributed by atoms with van der Waals surface area (Å²) >= 11 is 0. The number of benzene rings is 2. The van der Waals surface area contributed by atoms with Crippen LogP contribution in [0.4, 0.5) is 0 Å². The molecule has 0 bridgehead atoms. The Morgan fingerprint density at radius 1 is 0.970 bits per heavy atom. The third-order valence-electron chi connectivity index (χ3n) is 7.27. The van der Waals surface area contributed by atoms with Gasteiger partial charge in [-0.2, -0.15) is 0 Å². The van der Waals surface area contributed by atoms with Gasteiger partial charge in [-0.05, 0) is 85.3 Å². The predicted molar refractivity (Wildman–Crippen MR) is 133 cm³/mol. The lowest BCUT2D eigenvalue weighted by molar-refractivity contribution is -0.141. The number of fused-ring (bicyclic) bond motifs is 2. The lowest BCUT2D eigenvalue weighted by Gasteiger charge is -2.15. The summed E-state index contributed by atoms with van der Waals surface area (Å²) in [7, 11) is 0. The number of aryl methyl sites for hydroxylation is 1. The molecule has 0 amide bonds. The number of nitrogens with zero attached hydrogens (tertiary/aromatic N) is 1. The maximum absolute atomic E-state index is 11.9. The van der Waals surface area contributed by atoms with Crippen molar-refractivity contribution in [2.24, 2.45) is 11.1 Å². The van der Waals surface area contributed by atoms with Crippen LogP contribution in [0.1, 0.15) is 86.5 Å². The minimum absolute atomic E-state index is 0.266. The van der Waals surface area contributed by atoms with E-state index >= 15 is 0 Å². The molecule has 0 saturated heterocycles. The lowest BCUT2D eigenvalue weighted by atomic mass is 9.90. The number of oxime groups is 1. The molecule has 2 N–H and O–H groups in total. The monoisotopic (exact) mass is 445 g/mol. The van der Waals surface area contributed by atoms with Gasteiger partial charge in [0, 0.05) is 6.42 Å². The molecule has 4 rings (SSSR count). The van der Waals surface area contributed by atoms with Gasteiger partial charge in [-0.25, -0.2) is 0 Å². The van der Waals surface area contributed by atoms with Crippen LogP contribution in [-0.4, -0.2) is 22.0 Å². The zero-order valence-corrected chi connectivity index (χ0v) is 19.4. The first kappa shape index (κ1) is 23.3. The van der Waals surface area contributed by atoms with E-state index in [9.17, 15) is 15.1 Å². The molecule has 0 saturated carbocycles. The normalized spacial score (nSPS) is 16.4. The summed E-state index contributed by atoms with van der Waals surface area (Å²) in [6.07, 6.45) is 12.0. The summed E-state index contributed by atoms with van der Waals surface area (Å²) < 4.78 is 0. The quantitative estimate of drug-likeness (QED) is 0.169. The molecule has 2 aliphatic carbocycles. The second-order valence-electron chi connectivity index (χ2n) is 9.56. The third-order valence-corrected chi connectivity index (χ3v) is 7.27. The minimum Gasteiger partial charge on any atom is -0.481 e. The van der Waals surface area contributed by atoms with Crippen LogP contribution < -0.4 is 0 Å². The summed E-state index contributed by atoms with van der Waals surface area (Å²) in [4.78, 5) is 11.9. The lowest BCUT2D eigenvalue weighted by Crippen LogP contribution is -2.19. The largest absolute Gasteiger partial charge is 0.481 e. The first-order valence-corrected chi connectivity index (χ1v) is 12.5. The molecule has 0 aromatic heterocycles. The smallest absolute Gasteiger partial charge is 0.306 e. The molecule has 0 fully saturated rings. The van der Waals surface area contributed by atoms with Gasteiger partial charge in [0.25, 0.3) is 0 Å². The number of allylic oxidation sites excluding steroid dienone is 2. The Bertz CT molecular complexity index is 1020. The van der Waals surface area contributed by atoms with E-state index in [0.29, 0.717) is 12.1 Å². The van der Waals surface area contributed by atoms with Crippen molar-refractivity contribution in [1.82, 2.24) is 0 Å². The number of rotatable bonds is 11. The number of hydrogen-bond donors (Lipinski definition) is 2. The van der Waals surface area contributed by atoms with Gasteiger partial charge in [0.05, 0.1) is 11.6 Å². The average Bonchev–Trinajstić information content (AvgIpc) is 3.21. The van der Waals surface area contributed by atoms with Gasteiger partial charge < -0.3 is 10.3 Å². The fraction of sp³-hybridized carbons (Fsp3) is 0.448. The van der Waals surface area contributed by atoms with E-state index in [1.165, 1.54) is 41.5 Å². The summed E-state index contributed by atoms with van der Waals surface area (Å²) in [6, 6.07) is 16.7. The van der Waals surface area contributed by atoms with Gasteiger partial charge in [0.2, 0.25) is 0 Å². The molecule has 1 atom stereocenters. The fourth-order valence-corrected chi connectivity index (χ4v) is 5.41. The van der Waals surface area contributed by atoms with Crippen molar-refractivity contribution in [2.75, 3.05) is 0 Å². The molecular weight excluding hydrogens is 410 g/mol. The zero-order valence-electron chi connectivity index (χ0n) is 19.4. The van der Waals surface area contributed by atoms with Crippen LogP contribution >= 0.6 is 0 Å². The van der Waals surface area contributed by atoms with Crippen molar-refractivity contribution in [3.63, 3.8) is 0 Å². The summed E-state index contributed by atoms with van der Waals surface area (Å²) in [5.74, 6) is -1.33. The third kappa shape index (κ3) is 5.93. The molecular formula is C29H35NO3. The van der Waals surface area contributed by atoms with Gasteiger partial charge in [-0.1, -0.05) is 72.5 Å². The molecule has 4 nitrogen and oxygen atoms in total. The molecule has 33 heavy (non-hydrogen) atoms. The highest BCUT2D eigenvalue weighted by atomic mass is 16.4. The molecule has 4 heteroatoms. The maximum Gasteiger partial charge on any atom is 0.306 e. The van der Waals surface area contributed by atoms with E-state index in [4.69, 9.17) is 0 Å². The zero-order chi connectivity index (χ0) is 23.0. The molecule has 0 heterocycles. The van der Waals surface area contributed by atoms with Crippen LogP contribution in [0.3, 0.4) is 0 Å². The van der Waals surface area contributed by atoms with E-state index in [2.05, 4.69) is 41.6 Å². The van der Waals surface area contributed by atoms with Crippen molar-refractivity contribution >= 4 is 17.3 Å². The Labute approximate surface area is 197 Å². The standard InChI is InChI=1S/C29H35NO3/c31-29(32)24(14-7-2-1-4-10-21-11-5-3-6-12-21)20-28(30-33)23-16-17-27-25(19-23)18-22-13-8-9-15-26(22)27/h3,5-6,11-12,16-17,19,24,33H,1-2,4,7-10,13-15,18,20H2,(H,31,32)/t24-/m0/s1. The second kappa shape index (κ2) is 11.3. The number of carboxylic acid groups (broad SMARTS) is 1. The Morgan fingerprint density at radius 2 is 1.76 bits per heavy atom. The van der Waals surface area contributed by atoms with Crippen LogP contribution in [0, 0.1) is 5.92 Å². The topological polar surface area (TPSA) is 69.9 Å². The van der Waals surface area contributed by atoms with Gasteiger partial charge >= 0.3 is 5.97 Å². The van der Waals surface area contributed by atoms with Gasteiger partial charge in [0.15, 0.2) is 0 Å². The molecule has 0 aliphatic heterocycles. The van der Waals surface area contributed by atoms with Crippen molar-refractivity contribution in [3.8, 4) is 0 Å². The highest BCUT2D eigenvalue weighted by molar-refractivity contribution is 6.02. The first-order chi connectivity index (χ1) is 16.2. The van der Waals surface area contributed by atoms with Gasteiger partial charge in [-0.3, -0.25) is 4.79 Å². The van der Waals surface area contributed by atoms with E-state index in [1.54, 1.807) is 5.57 Å². The summed E-state index contributed by atoms with van der Waals surface area (Å²) in [5.41, 5.74) is 8.41. The Hall–Kier alpha value is -2.88. The van der Waals surface area contributed by atoms with Crippen LogP contribution in [0.2, 0.25) is 0 Å². The molecule has 174 valence electrons. The number of aliphatic carboxylic acids is 1. The Balaban J connectivity index is 1.29. The maximum atomic E-state index is 11.9. The summed E-state index contributed by atoms with van der Waals surface area (Å²) in [6.45, 7) is 0. The van der Waals surface area contributed by atoms with E-state index < -0.39 is 11.9 Å². The van der Waals surface area contributed by atoms with E-state index in [0.717, 1.165) is 50.5 Å². The van der Waals surface area contributed by atoms with Crippen LogP contribution in [0.15, 0.2) is 59.3 Å². The molecule has 0 spiro atoms. The fourth-order valence-electron chi connectivity index (χ4n) is 5.41. The van der Waals surface area contributed by atoms with Crippen molar-refractivity contribution in [1.29, 1.82) is 0 Å². The number of unbranched alkanes of at least 4 members (excludes halogenated alkanes) is 3. The average molecular weight is 446 g/mol. The second-order valence-corrected chi connectivity index (χ2v) is 9.56. The van der Waals surface area contributed by atoms with Gasteiger partial charge in [0.1, 0.15) is 0 Å². The summed E-state index contributed by atoms with van der Waals surface area (Å²) in [5, 5.41) is 23.0. The number of hydrogen-bond acceptors (Lipinski definition) is 3. The number of carbonyl (C=O) groups is 1. The molecule has 2 aromatic carbocycles. The SMILES string of the molecule is O=C(O)[C@@H](CCCCCCc1ccccc1)CC(=NO)c1ccc2c(c1)CC1=C2CCCC1. The number of carboxylic acids is 1. The van der Waals surface area contributed by atoms with Crippen molar-refractivity contribution in [2.45, 2.75) is 77.0 Å². The van der Waals surface area contributed by atoms with Crippen LogP contribution in [0.5, 0.6) is 0 Å². The van der Waals surface area contributed by atoms with E-state index in [-0.39, 0.29) is 6.42 Å². The minimum atomic E-state index is -0.807. The van der Waals surface area contributed by atoms with Crippen molar-refractivity contribution < 1.29 is 15.1 Å². The van der Waals surface area contributed by atoms with Crippen molar-refractivity contribution in [3.05, 3.63) is 76.4 Å². The molecule has 2 aromatic rings. The van der Waals surface area contributed by atoms with E-state index in [1.807, 2.05) is 12.1 Å². The predicted octanol–water partition coefficient (Wildman–Crippen LogP) is 7.03. The highest BCUT2D eigenvalue weighted by Crippen LogP contribution is 2.41. The van der Waals surface area contributed by atoms with Gasteiger partial charge in [-0.15, -0.1) is 0 Å². The van der Waals surface area contributed by atoms with Crippen LogP contribution in [-0.2, 0) is 17.6 Å². The molecule has 2 aliphatic rings. The molecule has 0 unspecified atom stereocenters. The van der Waals surface area contributed by atoms with Crippen LogP contribution in [0.25, 0.3) is 5.57 Å². The highest BCUT2D eigenvalue weighted by Gasteiger charge is 2.26. The Kier molecular flexibility index (Phi) is 7.98. The Morgan fingerprint density at radius 3 is 2.55 bits per heavy atom.